The number of carbonyl (C=O) groups is 1. The second-order valence-corrected chi connectivity index (χ2v) is 6.20. The summed E-state index contributed by atoms with van der Waals surface area (Å²) in [6.07, 6.45) is 5.46. The lowest BCUT2D eigenvalue weighted by Gasteiger charge is -2.28. The number of benzene rings is 1. The van der Waals surface area contributed by atoms with Crippen LogP contribution in [0.4, 0.5) is 0 Å². The van der Waals surface area contributed by atoms with Crippen molar-refractivity contribution in [3.05, 3.63) is 28.8 Å². The van der Waals surface area contributed by atoms with E-state index < -0.39 is 6.10 Å². The van der Waals surface area contributed by atoms with E-state index in [1.54, 1.807) is 6.07 Å². The molecule has 3 nitrogen and oxygen atoms in total. The third kappa shape index (κ3) is 4.63. The number of halogens is 1. The van der Waals surface area contributed by atoms with Crippen LogP contribution in [0.1, 0.15) is 44.6 Å². The lowest BCUT2D eigenvalue weighted by Crippen LogP contribution is -2.42. The van der Waals surface area contributed by atoms with E-state index in [0.29, 0.717) is 5.02 Å². The Morgan fingerprint density at radius 2 is 1.81 bits per heavy atom. The van der Waals surface area contributed by atoms with Gasteiger partial charge in [0.15, 0.2) is 6.10 Å². The second kappa shape index (κ2) is 7.69. The number of nitrogens with zero attached hydrogens (tertiary/aromatic N) is 1. The number of hydrogen-bond donors (Lipinski definition) is 0. The molecule has 1 aromatic rings. The molecule has 2 rings (SSSR count). The Balaban J connectivity index is 1.97. The topological polar surface area (TPSA) is 29.5 Å². The molecule has 116 valence electrons. The van der Waals surface area contributed by atoms with E-state index in [0.717, 1.165) is 37.2 Å². The van der Waals surface area contributed by atoms with Crippen molar-refractivity contribution in [1.29, 1.82) is 0 Å². The first-order chi connectivity index (χ1) is 10.1. The second-order valence-electron chi connectivity index (χ2n) is 5.76. The molecule has 0 spiro atoms. The Kier molecular flexibility index (Phi) is 5.92. The molecule has 21 heavy (non-hydrogen) atoms. The maximum absolute atomic E-state index is 12.5. The number of amides is 1. The van der Waals surface area contributed by atoms with Gasteiger partial charge < -0.3 is 9.64 Å². The summed E-state index contributed by atoms with van der Waals surface area (Å²) < 4.78 is 5.84. The monoisotopic (exact) mass is 309 g/mol. The largest absolute Gasteiger partial charge is 0.481 e. The summed E-state index contributed by atoms with van der Waals surface area (Å²) in [5, 5.41) is 0.683. The molecular formula is C17H24ClNO2. The third-order valence-electron chi connectivity index (χ3n) is 3.96. The van der Waals surface area contributed by atoms with E-state index in [1.807, 2.05) is 30.9 Å². The number of carbonyl (C=O) groups excluding carboxylic acids is 1. The van der Waals surface area contributed by atoms with Gasteiger partial charge in [-0.15, -0.1) is 0 Å². The van der Waals surface area contributed by atoms with Crippen LogP contribution in [-0.4, -0.2) is 30.0 Å². The van der Waals surface area contributed by atoms with Crippen LogP contribution in [-0.2, 0) is 4.79 Å². The maximum Gasteiger partial charge on any atom is 0.263 e. The molecule has 0 saturated carbocycles. The van der Waals surface area contributed by atoms with E-state index in [4.69, 9.17) is 16.3 Å². The number of likely N-dealkylation sites (tertiary alicyclic amines) is 1. The van der Waals surface area contributed by atoms with Gasteiger partial charge in [0.25, 0.3) is 5.91 Å². The molecule has 1 aliphatic rings. The van der Waals surface area contributed by atoms with E-state index >= 15 is 0 Å². The summed E-state index contributed by atoms with van der Waals surface area (Å²) in [6.45, 7) is 5.47. The smallest absolute Gasteiger partial charge is 0.263 e. The van der Waals surface area contributed by atoms with Crippen molar-refractivity contribution < 1.29 is 9.53 Å². The molecular weight excluding hydrogens is 286 g/mol. The fourth-order valence-electron chi connectivity index (χ4n) is 2.71. The quantitative estimate of drug-likeness (QED) is 0.837. The molecule has 1 aliphatic heterocycles. The average molecular weight is 310 g/mol. The highest BCUT2D eigenvalue weighted by atomic mass is 35.5. The molecule has 1 heterocycles. The highest BCUT2D eigenvalue weighted by Gasteiger charge is 2.22. The number of ether oxygens (including phenoxy) is 1. The van der Waals surface area contributed by atoms with Crippen LogP contribution in [0.25, 0.3) is 0 Å². The van der Waals surface area contributed by atoms with Crippen molar-refractivity contribution in [3.63, 3.8) is 0 Å². The Bertz CT molecular complexity index is 482. The fourth-order valence-corrected chi connectivity index (χ4v) is 2.94. The van der Waals surface area contributed by atoms with Crippen molar-refractivity contribution in [1.82, 2.24) is 4.90 Å². The highest BCUT2D eigenvalue weighted by Crippen LogP contribution is 2.23. The van der Waals surface area contributed by atoms with Crippen LogP contribution in [0.5, 0.6) is 5.75 Å². The van der Waals surface area contributed by atoms with Crippen LogP contribution < -0.4 is 4.74 Å². The Morgan fingerprint density at radius 1 is 1.19 bits per heavy atom. The Labute approximate surface area is 132 Å². The molecule has 0 N–H and O–H groups in total. The Hall–Kier alpha value is -1.22. The summed E-state index contributed by atoms with van der Waals surface area (Å²) in [5.74, 6) is 0.818. The minimum atomic E-state index is -0.454. The van der Waals surface area contributed by atoms with Gasteiger partial charge in [0.1, 0.15) is 5.75 Å². The molecule has 1 atom stereocenters. The van der Waals surface area contributed by atoms with Crippen molar-refractivity contribution in [2.75, 3.05) is 13.1 Å². The van der Waals surface area contributed by atoms with Crippen molar-refractivity contribution in [3.8, 4) is 5.75 Å². The molecule has 4 heteroatoms. The first kappa shape index (κ1) is 16.2. The van der Waals surface area contributed by atoms with E-state index in [-0.39, 0.29) is 5.91 Å². The van der Waals surface area contributed by atoms with Gasteiger partial charge in [-0.05, 0) is 50.5 Å². The number of hydrogen-bond acceptors (Lipinski definition) is 2. The lowest BCUT2D eigenvalue weighted by molar-refractivity contribution is -0.138. The van der Waals surface area contributed by atoms with Crippen LogP contribution in [0, 0.1) is 6.92 Å². The maximum atomic E-state index is 12.5. The van der Waals surface area contributed by atoms with Crippen LogP contribution >= 0.6 is 11.6 Å². The van der Waals surface area contributed by atoms with Gasteiger partial charge >= 0.3 is 0 Å². The van der Waals surface area contributed by atoms with Gasteiger partial charge in [-0.1, -0.05) is 30.9 Å². The summed E-state index contributed by atoms with van der Waals surface area (Å²) in [4.78, 5) is 14.5. The fraction of sp³-hybridized carbons (Fsp3) is 0.588. The summed E-state index contributed by atoms with van der Waals surface area (Å²) in [7, 11) is 0. The number of rotatable bonds is 3. The van der Waals surface area contributed by atoms with Crippen molar-refractivity contribution >= 4 is 17.5 Å². The zero-order valence-corrected chi connectivity index (χ0v) is 13.7. The van der Waals surface area contributed by atoms with Gasteiger partial charge in [-0.2, -0.15) is 0 Å². The molecule has 0 aliphatic carbocycles. The highest BCUT2D eigenvalue weighted by molar-refractivity contribution is 6.30. The normalized spacial score (nSPS) is 17.8. The van der Waals surface area contributed by atoms with Crippen molar-refractivity contribution in [2.45, 2.75) is 52.1 Å². The van der Waals surface area contributed by atoms with Gasteiger partial charge in [0.05, 0.1) is 0 Å². The minimum Gasteiger partial charge on any atom is -0.481 e. The summed E-state index contributed by atoms with van der Waals surface area (Å²) in [6, 6.07) is 5.47. The van der Waals surface area contributed by atoms with Crippen LogP contribution in [0.15, 0.2) is 18.2 Å². The molecule has 1 saturated heterocycles. The van der Waals surface area contributed by atoms with Gasteiger partial charge in [-0.3, -0.25) is 4.79 Å². The molecule has 0 bridgehead atoms. The standard InChI is InChI=1S/C17H24ClNO2/c1-13-12-15(18)8-9-16(13)21-14(2)17(20)19-10-6-4-3-5-7-11-19/h8-9,12,14H,3-7,10-11H2,1-2H3. The summed E-state index contributed by atoms with van der Waals surface area (Å²) in [5.41, 5.74) is 0.954. The predicted octanol–water partition coefficient (Wildman–Crippen LogP) is 4.21. The zero-order chi connectivity index (χ0) is 15.2. The minimum absolute atomic E-state index is 0.0891. The van der Waals surface area contributed by atoms with E-state index in [2.05, 4.69) is 0 Å². The Morgan fingerprint density at radius 3 is 2.43 bits per heavy atom. The van der Waals surface area contributed by atoms with Crippen LogP contribution in [0.2, 0.25) is 5.02 Å². The van der Waals surface area contributed by atoms with E-state index in [9.17, 15) is 4.79 Å². The van der Waals surface area contributed by atoms with Gasteiger partial charge in [0, 0.05) is 18.1 Å². The molecule has 1 fully saturated rings. The van der Waals surface area contributed by atoms with Crippen molar-refractivity contribution in [2.24, 2.45) is 0 Å². The predicted molar refractivity (Wildman–Crippen MR) is 85.9 cm³/mol. The molecule has 1 aromatic carbocycles. The molecule has 1 unspecified atom stereocenters. The molecule has 0 radical (unpaired) electrons. The molecule has 1 amide bonds. The molecule has 0 aromatic heterocycles. The summed E-state index contributed by atoms with van der Waals surface area (Å²) >= 11 is 5.94. The first-order valence-electron chi connectivity index (χ1n) is 7.79. The third-order valence-corrected chi connectivity index (χ3v) is 4.19. The zero-order valence-electron chi connectivity index (χ0n) is 12.9. The first-order valence-corrected chi connectivity index (χ1v) is 8.17. The lowest BCUT2D eigenvalue weighted by atomic mass is 10.1. The van der Waals surface area contributed by atoms with Gasteiger partial charge in [0.2, 0.25) is 0 Å². The SMILES string of the molecule is Cc1cc(Cl)ccc1OC(C)C(=O)N1CCCCCCC1. The average Bonchev–Trinajstić information content (AvgIpc) is 2.41. The number of aryl methyl sites for hydroxylation is 1. The van der Waals surface area contributed by atoms with Gasteiger partial charge in [-0.25, -0.2) is 0 Å². The van der Waals surface area contributed by atoms with E-state index in [1.165, 1.54) is 19.3 Å². The van der Waals surface area contributed by atoms with Crippen LogP contribution in [0.3, 0.4) is 0 Å².